The standard InChI is InChI=1S/C9H21NO/c1-7(2)10-8(3)11-9(4,5)6/h7-8,10H,1-6H3. The quantitative estimate of drug-likeness (QED) is 0.637. The van der Waals surface area contributed by atoms with Crippen LogP contribution in [-0.4, -0.2) is 17.9 Å². The Labute approximate surface area is 70.3 Å². The maximum absolute atomic E-state index is 5.64. The summed E-state index contributed by atoms with van der Waals surface area (Å²) in [5.74, 6) is 0. The van der Waals surface area contributed by atoms with Gasteiger partial charge in [0.05, 0.1) is 5.60 Å². The maximum atomic E-state index is 5.64. The monoisotopic (exact) mass is 159 g/mol. The molecule has 0 fully saturated rings. The number of ether oxygens (including phenoxy) is 1. The normalized spacial score (nSPS) is 15.5. The molecule has 2 heteroatoms. The van der Waals surface area contributed by atoms with Gasteiger partial charge in [-0.25, -0.2) is 0 Å². The Hall–Kier alpha value is -0.0800. The van der Waals surface area contributed by atoms with Gasteiger partial charge in [-0.15, -0.1) is 0 Å². The SMILES string of the molecule is CC(C)NC(C)OC(C)(C)C. The highest BCUT2D eigenvalue weighted by atomic mass is 16.5. The molecule has 0 heterocycles. The van der Waals surface area contributed by atoms with Gasteiger partial charge in [0, 0.05) is 6.04 Å². The molecular weight excluding hydrogens is 138 g/mol. The van der Waals surface area contributed by atoms with Gasteiger partial charge in [0.2, 0.25) is 0 Å². The largest absolute Gasteiger partial charge is 0.358 e. The van der Waals surface area contributed by atoms with Gasteiger partial charge < -0.3 is 4.74 Å². The van der Waals surface area contributed by atoms with Gasteiger partial charge >= 0.3 is 0 Å². The zero-order valence-electron chi connectivity index (χ0n) is 8.56. The van der Waals surface area contributed by atoms with Crippen molar-refractivity contribution in [2.24, 2.45) is 0 Å². The van der Waals surface area contributed by atoms with E-state index in [2.05, 4.69) is 39.9 Å². The lowest BCUT2D eigenvalue weighted by Crippen LogP contribution is -2.39. The minimum absolute atomic E-state index is 0.0543. The van der Waals surface area contributed by atoms with Crippen molar-refractivity contribution in [2.45, 2.75) is 59.4 Å². The molecule has 1 N–H and O–H groups in total. The van der Waals surface area contributed by atoms with E-state index in [1.165, 1.54) is 0 Å². The van der Waals surface area contributed by atoms with Crippen molar-refractivity contribution in [1.82, 2.24) is 5.32 Å². The number of rotatable bonds is 3. The van der Waals surface area contributed by atoms with Crippen LogP contribution in [0.4, 0.5) is 0 Å². The summed E-state index contributed by atoms with van der Waals surface area (Å²) in [5, 5.41) is 3.28. The van der Waals surface area contributed by atoms with E-state index in [0.717, 1.165) is 0 Å². The summed E-state index contributed by atoms with van der Waals surface area (Å²) in [4.78, 5) is 0. The van der Waals surface area contributed by atoms with Gasteiger partial charge in [-0.2, -0.15) is 0 Å². The first-order valence-electron chi connectivity index (χ1n) is 4.25. The van der Waals surface area contributed by atoms with Crippen molar-refractivity contribution in [3.05, 3.63) is 0 Å². The molecule has 0 rings (SSSR count). The lowest BCUT2D eigenvalue weighted by Gasteiger charge is -2.26. The van der Waals surface area contributed by atoms with Crippen LogP contribution in [0.2, 0.25) is 0 Å². The second-order valence-electron chi connectivity index (χ2n) is 4.19. The van der Waals surface area contributed by atoms with E-state index in [0.29, 0.717) is 6.04 Å². The average molecular weight is 159 g/mol. The summed E-state index contributed by atoms with van der Waals surface area (Å²) in [6, 6.07) is 0.479. The molecule has 0 amide bonds. The first kappa shape index (κ1) is 10.9. The first-order chi connectivity index (χ1) is 4.81. The smallest absolute Gasteiger partial charge is 0.106 e. The predicted molar refractivity (Wildman–Crippen MR) is 48.6 cm³/mol. The molecule has 0 aliphatic carbocycles. The lowest BCUT2D eigenvalue weighted by atomic mass is 10.2. The van der Waals surface area contributed by atoms with E-state index in [1.807, 2.05) is 6.92 Å². The Kier molecular flexibility index (Phi) is 4.04. The fraction of sp³-hybridized carbons (Fsp3) is 1.00. The molecule has 0 saturated carbocycles. The summed E-state index contributed by atoms with van der Waals surface area (Å²) < 4.78 is 5.64. The van der Waals surface area contributed by atoms with E-state index in [1.54, 1.807) is 0 Å². The van der Waals surface area contributed by atoms with Gasteiger partial charge in [0.1, 0.15) is 6.23 Å². The zero-order valence-corrected chi connectivity index (χ0v) is 8.56. The molecule has 68 valence electrons. The number of hydrogen-bond acceptors (Lipinski definition) is 2. The van der Waals surface area contributed by atoms with E-state index in [9.17, 15) is 0 Å². The van der Waals surface area contributed by atoms with Crippen LogP contribution >= 0.6 is 0 Å². The fourth-order valence-corrected chi connectivity index (χ4v) is 1.03. The second kappa shape index (κ2) is 4.07. The van der Waals surface area contributed by atoms with Crippen LogP contribution in [0.1, 0.15) is 41.5 Å². The third-order valence-electron chi connectivity index (χ3n) is 1.10. The van der Waals surface area contributed by atoms with Crippen molar-refractivity contribution < 1.29 is 4.74 Å². The fourth-order valence-electron chi connectivity index (χ4n) is 1.03. The number of hydrogen-bond donors (Lipinski definition) is 1. The van der Waals surface area contributed by atoms with E-state index in [4.69, 9.17) is 4.74 Å². The van der Waals surface area contributed by atoms with Crippen LogP contribution in [0.25, 0.3) is 0 Å². The minimum atomic E-state index is -0.0543. The molecule has 0 aromatic rings. The Morgan fingerprint density at radius 2 is 1.55 bits per heavy atom. The highest BCUT2D eigenvalue weighted by Crippen LogP contribution is 2.09. The molecule has 0 spiro atoms. The molecule has 0 saturated heterocycles. The van der Waals surface area contributed by atoms with E-state index >= 15 is 0 Å². The Balaban J connectivity index is 3.61. The molecule has 0 aromatic carbocycles. The van der Waals surface area contributed by atoms with E-state index in [-0.39, 0.29) is 11.8 Å². The Morgan fingerprint density at radius 1 is 1.09 bits per heavy atom. The average Bonchev–Trinajstić information content (AvgIpc) is 1.53. The van der Waals surface area contributed by atoms with Crippen LogP contribution in [-0.2, 0) is 4.74 Å². The van der Waals surface area contributed by atoms with E-state index < -0.39 is 0 Å². The molecule has 0 aromatic heterocycles. The molecule has 0 aliphatic rings. The van der Waals surface area contributed by atoms with Crippen molar-refractivity contribution >= 4 is 0 Å². The van der Waals surface area contributed by atoms with Gasteiger partial charge in [-0.05, 0) is 41.5 Å². The molecule has 0 aliphatic heterocycles. The molecule has 1 unspecified atom stereocenters. The molecule has 2 nitrogen and oxygen atoms in total. The second-order valence-corrected chi connectivity index (χ2v) is 4.19. The van der Waals surface area contributed by atoms with Gasteiger partial charge in [-0.1, -0.05) is 0 Å². The maximum Gasteiger partial charge on any atom is 0.106 e. The van der Waals surface area contributed by atoms with Crippen molar-refractivity contribution in [3.63, 3.8) is 0 Å². The topological polar surface area (TPSA) is 21.3 Å². The highest BCUT2D eigenvalue weighted by Gasteiger charge is 2.14. The molecule has 11 heavy (non-hydrogen) atoms. The van der Waals surface area contributed by atoms with Crippen molar-refractivity contribution in [3.8, 4) is 0 Å². The van der Waals surface area contributed by atoms with Gasteiger partial charge in [0.15, 0.2) is 0 Å². The highest BCUT2D eigenvalue weighted by molar-refractivity contribution is 4.63. The van der Waals surface area contributed by atoms with Crippen molar-refractivity contribution in [2.75, 3.05) is 0 Å². The third-order valence-corrected chi connectivity index (χ3v) is 1.10. The summed E-state index contributed by atoms with van der Waals surface area (Å²) in [6.45, 7) is 12.4. The van der Waals surface area contributed by atoms with Crippen LogP contribution in [0.15, 0.2) is 0 Å². The number of nitrogens with one attached hydrogen (secondary N) is 1. The third kappa shape index (κ3) is 7.82. The summed E-state index contributed by atoms with van der Waals surface area (Å²) in [7, 11) is 0. The summed E-state index contributed by atoms with van der Waals surface area (Å²) in [6.07, 6.45) is 0.134. The minimum Gasteiger partial charge on any atom is -0.358 e. The Bertz CT molecular complexity index is 105. The molecule has 0 bridgehead atoms. The van der Waals surface area contributed by atoms with Gasteiger partial charge in [-0.3, -0.25) is 5.32 Å². The zero-order chi connectivity index (χ0) is 9.07. The van der Waals surface area contributed by atoms with Crippen LogP contribution in [0.5, 0.6) is 0 Å². The van der Waals surface area contributed by atoms with Crippen LogP contribution < -0.4 is 5.32 Å². The lowest BCUT2D eigenvalue weighted by molar-refractivity contribution is -0.0685. The first-order valence-corrected chi connectivity index (χ1v) is 4.25. The van der Waals surface area contributed by atoms with Crippen LogP contribution in [0, 0.1) is 0 Å². The summed E-state index contributed by atoms with van der Waals surface area (Å²) >= 11 is 0. The Morgan fingerprint density at radius 3 is 1.82 bits per heavy atom. The molecular formula is C9H21NO. The van der Waals surface area contributed by atoms with Crippen molar-refractivity contribution in [1.29, 1.82) is 0 Å². The predicted octanol–water partition coefficient (Wildman–Crippen LogP) is 2.15. The molecule has 1 atom stereocenters. The molecule has 0 radical (unpaired) electrons. The summed E-state index contributed by atoms with van der Waals surface area (Å²) in [5.41, 5.74) is -0.0543. The van der Waals surface area contributed by atoms with Crippen LogP contribution in [0.3, 0.4) is 0 Å². The van der Waals surface area contributed by atoms with Gasteiger partial charge in [0.25, 0.3) is 0 Å².